The summed E-state index contributed by atoms with van der Waals surface area (Å²) in [5, 5.41) is 3.35. The molecule has 0 unspecified atom stereocenters. The molecule has 0 atom stereocenters. The molecule has 1 fully saturated rings. The molecular formula is C13H19N5. The standard InChI is InChI=1S/C13H19N5/c1-18-7-6-15-13(18)14-5-4-10-8-16-12(17-9-10)11-2-3-11/h8-9,11H,2-7H2,1H3,(H,14,15). The molecule has 0 bridgehead atoms. The van der Waals surface area contributed by atoms with Crippen LogP contribution >= 0.6 is 0 Å². The topological polar surface area (TPSA) is 53.4 Å². The van der Waals surface area contributed by atoms with E-state index >= 15 is 0 Å². The molecule has 0 radical (unpaired) electrons. The highest BCUT2D eigenvalue weighted by Gasteiger charge is 2.26. The van der Waals surface area contributed by atoms with Gasteiger partial charge < -0.3 is 10.2 Å². The third kappa shape index (κ3) is 2.60. The van der Waals surface area contributed by atoms with E-state index in [1.807, 2.05) is 12.4 Å². The van der Waals surface area contributed by atoms with Gasteiger partial charge in [0.1, 0.15) is 5.82 Å². The SMILES string of the molecule is CN1CCN=C1NCCc1cnc(C2CC2)nc1. The van der Waals surface area contributed by atoms with Gasteiger partial charge in [-0.05, 0) is 24.8 Å². The molecule has 96 valence electrons. The van der Waals surface area contributed by atoms with Gasteiger partial charge in [-0.15, -0.1) is 0 Å². The Morgan fingerprint density at radius 1 is 1.33 bits per heavy atom. The fourth-order valence-electron chi connectivity index (χ4n) is 2.09. The Kier molecular flexibility index (Phi) is 3.13. The van der Waals surface area contributed by atoms with Gasteiger partial charge >= 0.3 is 0 Å². The van der Waals surface area contributed by atoms with Crippen molar-refractivity contribution in [1.82, 2.24) is 20.2 Å². The van der Waals surface area contributed by atoms with Crippen molar-refractivity contribution in [1.29, 1.82) is 0 Å². The largest absolute Gasteiger partial charge is 0.356 e. The lowest BCUT2D eigenvalue weighted by Gasteiger charge is -2.14. The van der Waals surface area contributed by atoms with Gasteiger partial charge in [0, 0.05) is 38.4 Å². The molecule has 1 aliphatic carbocycles. The van der Waals surface area contributed by atoms with E-state index in [4.69, 9.17) is 0 Å². The lowest BCUT2D eigenvalue weighted by molar-refractivity contribution is 0.534. The number of hydrogen-bond acceptors (Lipinski definition) is 5. The van der Waals surface area contributed by atoms with Crippen LogP contribution in [-0.4, -0.2) is 47.5 Å². The van der Waals surface area contributed by atoms with Crippen LogP contribution in [0.15, 0.2) is 17.4 Å². The highest BCUT2D eigenvalue weighted by Crippen LogP contribution is 2.37. The number of guanidine groups is 1. The maximum absolute atomic E-state index is 4.43. The number of hydrogen-bond donors (Lipinski definition) is 1. The van der Waals surface area contributed by atoms with Crippen molar-refractivity contribution >= 4 is 5.96 Å². The Bertz CT molecular complexity index is 435. The highest BCUT2D eigenvalue weighted by molar-refractivity contribution is 5.81. The number of aliphatic imine (C=N–C) groups is 1. The van der Waals surface area contributed by atoms with E-state index in [1.54, 1.807) is 0 Å². The van der Waals surface area contributed by atoms with E-state index in [9.17, 15) is 0 Å². The lowest BCUT2D eigenvalue weighted by Crippen LogP contribution is -2.36. The van der Waals surface area contributed by atoms with E-state index in [0.29, 0.717) is 5.92 Å². The van der Waals surface area contributed by atoms with Gasteiger partial charge in [-0.2, -0.15) is 0 Å². The second-order valence-corrected chi connectivity index (χ2v) is 5.03. The van der Waals surface area contributed by atoms with Crippen LogP contribution in [0.2, 0.25) is 0 Å². The number of aromatic nitrogens is 2. The predicted molar refractivity (Wildman–Crippen MR) is 70.6 cm³/mol. The van der Waals surface area contributed by atoms with Crippen molar-refractivity contribution < 1.29 is 0 Å². The first-order valence-electron chi connectivity index (χ1n) is 6.63. The molecule has 5 heteroatoms. The van der Waals surface area contributed by atoms with Crippen molar-refractivity contribution in [2.24, 2.45) is 4.99 Å². The molecule has 18 heavy (non-hydrogen) atoms. The van der Waals surface area contributed by atoms with Gasteiger partial charge in [0.2, 0.25) is 0 Å². The van der Waals surface area contributed by atoms with E-state index in [1.165, 1.54) is 18.4 Å². The highest BCUT2D eigenvalue weighted by atomic mass is 15.3. The third-order valence-corrected chi connectivity index (χ3v) is 3.42. The Morgan fingerprint density at radius 2 is 2.11 bits per heavy atom. The average Bonchev–Trinajstić information content (AvgIpc) is 3.16. The van der Waals surface area contributed by atoms with Crippen molar-refractivity contribution in [3.63, 3.8) is 0 Å². The second-order valence-electron chi connectivity index (χ2n) is 5.03. The normalized spacial score (nSPS) is 18.9. The van der Waals surface area contributed by atoms with Crippen LogP contribution in [-0.2, 0) is 6.42 Å². The average molecular weight is 245 g/mol. The lowest BCUT2D eigenvalue weighted by atomic mass is 10.2. The minimum absolute atomic E-state index is 0.638. The maximum Gasteiger partial charge on any atom is 0.193 e. The molecule has 2 aliphatic rings. The fraction of sp³-hybridized carbons (Fsp3) is 0.615. The van der Waals surface area contributed by atoms with Crippen LogP contribution in [0, 0.1) is 0 Å². The van der Waals surface area contributed by atoms with Gasteiger partial charge in [-0.1, -0.05) is 0 Å². The summed E-state index contributed by atoms with van der Waals surface area (Å²) in [6.07, 6.45) is 7.38. The zero-order valence-corrected chi connectivity index (χ0v) is 10.8. The molecular weight excluding hydrogens is 226 g/mol. The molecule has 0 amide bonds. The summed E-state index contributed by atoms with van der Waals surface area (Å²) >= 11 is 0. The quantitative estimate of drug-likeness (QED) is 0.852. The smallest absolute Gasteiger partial charge is 0.193 e. The maximum atomic E-state index is 4.43. The molecule has 1 aromatic rings. The molecule has 1 aromatic heterocycles. The first-order chi connectivity index (χ1) is 8.83. The van der Waals surface area contributed by atoms with Gasteiger partial charge in [0.05, 0.1) is 6.54 Å². The molecule has 0 saturated heterocycles. The van der Waals surface area contributed by atoms with Crippen LogP contribution in [0.4, 0.5) is 0 Å². The van der Waals surface area contributed by atoms with Gasteiger partial charge in [0.25, 0.3) is 0 Å². The summed E-state index contributed by atoms with van der Waals surface area (Å²) in [7, 11) is 2.06. The second kappa shape index (κ2) is 4.92. The van der Waals surface area contributed by atoms with Gasteiger partial charge in [0.15, 0.2) is 5.96 Å². The summed E-state index contributed by atoms with van der Waals surface area (Å²) in [4.78, 5) is 15.4. The van der Waals surface area contributed by atoms with E-state index < -0.39 is 0 Å². The number of nitrogens with zero attached hydrogens (tertiary/aromatic N) is 4. The summed E-state index contributed by atoms with van der Waals surface area (Å²) in [6.45, 7) is 2.80. The molecule has 1 saturated carbocycles. The molecule has 0 spiro atoms. The monoisotopic (exact) mass is 245 g/mol. The van der Waals surface area contributed by atoms with E-state index in [0.717, 1.165) is 37.8 Å². The van der Waals surface area contributed by atoms with Crippen LogP contribution in [0.25, 0.3) is 0 Å². The summed E-state index contributed by atoms with van der Waals surface area (Å²) in [6, 6.07) is 0. The first-order valence-corrected chi connectivity index (χ1v) is 6.63. The van der Waals surface area contributed by atoms with Crippen molar-refractivity contribution in [2.75, 3.05) is 26.7 Å². The molecule has 1 N–H and O–H groups in total. The van der Waals surface area contributed by atoms with Crippen LogP contribution < -0.4 is 5.32 Å². The molecule has 3 rings (SSSR count). The van der Waals surface area contributed by atoms with Crippen LogP contribution in [0.1, 0.15) is 30.1 Å². The first kappa shape index (κ1) is 11.4. The Balaban J connectivity index is 1.47. The van der Waals surface area contributed by atoms with Gasteiger partial charge in [-0.25, -0.2) is 9.97 Å². The van der Waals surface area contributed by atoms with Gasteiger partial charge in [-0.3, -0.25) is 4.99 Å². The minimum Gasteiger partial charge on any atom is -0.356 e. The summed E-state index contributed by atoms with van der Waals surface area (Å²) in [5.74, 6) is 2.66. The Morgan fingerprint density at radius 3 is 2.72 bits per heavy atom. The van der Waals surface area contributed by atoms with Crippen molar-refractivity contribution in [3.05, 3.63) is 23.8 Å². The van der Waals surface area contributed by atoms with E-state index in [2.05, 4.69) is 32.2 Å². The number of rotatable bonds is 4. The predicted octanol–water partition coefficient (Wildman–Crippen LogP) is 0.787. The minimum atomic E-state index is 0.638. The number of likely N-dealkylation sites (N-methyl/N-ethyl adjacent to an activating group) is 1. The molecule has 1 aliphatic heterocycles. The van der Waals surface area contributed by atoms with Crippen molar-refractivity contribution in [2.45, 2.75) is 25.2 Å². The number of nitrogens with one attached hydrogen (secondary N) is 1. The Labute approximate surface area is 107 Å². The molecule has 0 aromatic carbocycles. The Hall–Kier alpha value is -1.65. The van der Waals surface area contributed by atoms with E-state index in [-0.39, 0.29) is 0 Å². The molecule has 2 heterocycles. The zero-order valence-electron chi connectivity index (χ0n) is 10.8. The zero-order chi connectivity index (χ0) is 12.4. The summed E-state index contributed by atoms with van der Waals surface area (Å²) in [5.41, 5.74) is 1.19. The van der Waals surface area contributed by atoms with Crippen molar-refractivity contribution in [3.8, 4) is 0 Å². The van der Waals surface area contributed by atoms with Crippen LogP contribution in [0.5, 0.6) is 0 Å². The third-order valence-electron chi connectivity index (χ3n) is 3.42. The van der Waals surface area contributed by atoms with Crippen LogP contribution in [0.3, 0.4) is 0 Å². The fourth-order valence-corrected chi connectivity index (χ4v) is 2.09. The molecule has 5 nitrogen and oxygen atoms in total. The summed E-state index contributed by atoms with van der Waals surface area (Å²) < 4.78 is 0.